The van der Waals surface area contributed by atoms with Crippen molar-refractivity contribution in [2.75, 3.05) is 60.6 Å². The first kappa shape index (κ1) is 25.1. The lowest BCUT2D eigenvalue weighted by Gasteiger charge is -2.18. The predicted octanol–water partition coefficient (Wildman–Crippen LogP) is 2.52. The molecule has 1 aromatic rings. The number of rotatable bonds is 12. The molecule has 1 unspecified atom stereocenters. The summed E-state index contributed by atoms with van der Waals surface area (Å²) in [5, 5.41) is 6.63. The topological polar surface area (TPSA) is 58.1 Å². The molecule has 0 amide bonds. The Kier molecular flexibility index (Phi) is 15.7. The van der Waals surface area contributed by atoms with E-state index in [0.29, 0.717) is 0 Å². The van der Waals surface area contributed by atoms with Gasteiger partial charge in [-0.3, -0.25) is 4.99 Å². The van der Waals surface area contributed by atoms with Crippen molar-refractivity contribution in [2.45, 2.75) is 19.4 Å². The first-order chi connectivity index (χ1) is 12.2. The maximum absolute atomic E-state index is 5.87. The number of guanidine groups is 1. The molecule has 1 rings (SSSR count). The highest BCUT2D eigenvalue weighted by atomic mass is 127. The molecule has 7 heteroatoms. The van der Waals surface area contributed by atoms with E-state index in [1.165, 1.54) is 5.56 Å². The van der Waals surface area contributed by atoms with Crippen LogP contribution in [0.2, 0.25) is 0 Å². The quantitative estimate of drug-likeness (QED) is 0.209. The van der Waals surface area contributed by atoms with Crippen LogP contribution in [0.25, 0.3) is 0 Å². The lowest BCUT2D eigenvalue weighted by Crippen LogP contribution is -2.41. The van der Waals surface area contributed by atoms with Crippen LogP contribution in [0, 0.1) is 0 Å². The van der Waals surface area contributed by atoms with Gasteiger partial charge in [0.05, 0.1) is 12.7 Å². The normalized spacial score (nSPS) is 12.6. The standard InChI is InChI=1S/C19H34N4O2.HI/c1-17(18-9-6-5-7-10-18)25-15-8-11-21-19(20-2)22-12-13-23(3)14-16-24-4;/h5-7,9-10,17H,8,11-16H2,1-4H3,(H2,20,21,22);1H. The van der Waals surface area contributed by atoms with Crippen molar-refractivity contribution in [3.63, 3.8) is 0 Å². The third-order valence-electron chi connectivity index (χ3n) is 3.94. The van der Waals surface area contributed by atoms with E-state index in [9.17, 15) is 0 Å². The Hall–Kier alpha value is -0.900. The van der Waals surface area contributed by atoms with E-state index in [4.69, 9.17) is 9.47 Å². The van der Waals surface area contributed by atoms with Gasteiger partial charge in [-0.25, -0.2) is 0 Å². The third-order valence-corrected chi connectivity index (χ3v) is 3.94. The molecule has 0 aromatic heterocycles. The summed E-state index contributed by atoms with van der Waals surface area (Å²) < 4.78 is 10.9. The van der Waals surface area contributed by atoms with Crippen LogP contribution in [0.4, 0.5) is 0 Å². The maximum Gasteiger partial charge on any atom is 0.191 e. The summed E-state index contributed by atoms with van der Waals surface area (Å²) in [4.78, 5) is 6.46. The number of aliphatic imine (C=N–C) groups is 1. The fourth-order valence-electron chi connectivity index (χ4n) is 2.30. The summed E-state index contributed by atoms with van der Waals surface area (Å²) >= 11 is 0. The van der Waals surface area contributed by atoms with E-state index in [-0.39, 0.29) is 30.1 Å². The second-order valence-electron chi connectivity index (χ2n) is 6.00. The summed E-state index contributed by atoms with van der Waals surface area (Å²) in [5.41, 5.74) is 1.21. The van der Waals surface area contributed by atoms with Gasteiger partial charge in [0.15, 0.2) is 5.96 Å². The zero-order chi connectivity index (χ0) is 18.3. The maximum atomic E-state index is 5.87. The van der Waals surface area contributed by atoms with Gasteiger partial charge in [0.25, 0.3) is 0 Å². The van der Waals surface area contributed by atoms with Gasteiger partial charge in [-0.05, 0) is 26.0 Å². The lowest BCUT2D eigenvalue weighted by atomic mass is 10.1. The molecular formula is C19H35IN4O2. The number of benzene rings is 1. The van der Waals surface area contributed by atoms with Crippen molar-refractivity contribution in [3.05, 3.63) is 35.9 Å². The summed E-state index contributed by atoms with van der Waals surface area (Å²) in [6.45, 7) is 7.12. The van der Waals surface area contributed by atoms with Crippen LogP contribution in [0.3, 0.4) is 0 Å². The third kappa shape index (κ3) is 11.7. The van der Waals surface area contributed by atoms with Gasteiger partial charge >= 0.3 is 0 Å². The highest BCUT2D eigenvalue weighted by molar-refractivity contribution is 14.0. The number of halogens is 1. The van der Waals surface area contributed by atoms with Gasteiger partial charge in [0.1, 0.15) is 0 Å². The molecule has 0 aliphatic carbocycles. The zero-order valence-electron chi connectivity index (χ0n) is 16.5. The minimum absolute atomic E-state index is 0. The summed E-state index contributed by atoms with van der Waals surface area (Å²) in [6.07, 6.45) is 1.06. The Bertz CT molecular complexity index is 474. The highest BCUT2D eigenvalue weighted by Crippen LogP contribution is 2.15. The van der Waals surface area contributed by atoms with Gasteiger partial charge < -0.3 is 25.0 Å². The molecule has 0 heterocycles. The minimum Gasteiger partial charge on any atom is -0.383 e. The molecule has 6 nitrogen and oxygen atoms in total. The van der Waals surface area contributed by atoms with Crippen LogP contribution < -0.4 is 10.6 Å². The molecule has 0 spiro atoms. The Morgan fingerprint density at radius 3 is 2.46 bits per heavy atom. The minimum atomic E-state index is 0. The first-order valence-corrected chi connectivity index (χ1v) is 8.96. The lowest BCUT2D eigenvalue weighted by molar-refractivity contribution is 0.0646. The second-order valence-corrected chi connectivity index (χ2v) is 6.00. The van der Waals surface area contributed by atoms with Crippen molar-refractivity contribution >= 4 is 29.9 Å². The fraction of sp³-hybridized carbons (Fsp3) is 0.632. The Labute approximate surface area is 175 Å². The van der Waals surface area contributed by atoms with E-state index >= 15 is 0 Å². The average molecular weight is 478 g/mol. The van der Waals surface area contributed by atoms with Gasteiger partial charge in [0.2, 0.25) is 0 Å². The van der Waals surface area contributed by atoms with Gasteiger partial charge in [-0.2, -0.15) is 0 Å². The van der Waals surface area contributed by atoms with Crippen LogP contribution in [0.5, 0.6) is 0 Å². The molecule has 0 saturated carbocycles. The monoisotopic (exact) mass is 478 g/mol. The van der Waals surface area contributed by atoms with Crippen molar-refractivity contribution in [2.24, 2.45) is 4.99 Å². The number of nitrogens with zero attached hydrogens (tertiary/aromatic N) is 2. The van der Waals surface area contributed by atoms with Crippen molar-refractivity contribution in [1.29, 1.82) is 0 Å². The second kappa shape index (κ2) is 16.3. The molecule has 0 aliphatic heterocycles. The van der Waals surface area contributed by atoms with Crippen LogP contribution in [0.15, 0.2) is 35.3 Å². The number of methoxy groups -OCH3 is 1. The van der Waals surface area contributed by atoms with Crippen molar-refractivity contribution < 1.29 is 9.47 Å². The van der Waals surface area contributed by atoms with E-state index in [0.717, 1.165) is 51.8 Å². The SMILES string of the molecule is CN=C(NCCCOC(C)c1ccccc1)NCCN(C)CCOC.I. The average Bonchev–Trinajstić information content (AvgIpc) is 2.65. The van der Waals surface area contributed by atoms with Crippen LogP contribution in [-0.2, 0) is 9.47 Å². The molecule has 0 fully saturated rings. The van der Waals surface area contributed by atoms with E-state index in [1.54, 1.807) is 14.2 Å². The number of nitrogens with one attached hydrogen (secondary N) is 2. The molecule has 0 bridgehead atoms. The van der Waals surface area contributed by atoms with Crippen LogP contribution in [0.1, 0.15) is 25.0 Å². The van der Waals surface area contributed by atoms with E-state index < -0.39 is 0 Å². The number of hydrogen-bond donors (Lipinski definition) is 2. The molecule has 0 radical (unpaired) electrons. The van der Waals surface area contributed by atoms with Gasteiger partial charge in [-0.1, -0.05) is 30.3 Å². The molecular weight excluding hydrogens is 443 g/mol. The van der Waals surface area contributed by atoms with E-state index in [1.807, 2.05) is 18.2 Å². The highest BCUT2D eigenvalue weighted by Gasteiger charge is 2.04. The molecule has 150 valence electrons. The first-order valence-electron chi connectivity index (χ1n) is 8.96. The smallest absolute Gasteiger partial charge is 0.191 e. The summed E-state index contributed by atoms with van der Waals surface area (Å²) in [5.74, 6) is 0.830. The molecule has 1 aromatic carbocycles. The summed E-state index contributed by atoms with van der Waals surface area (Å²) in [7, 11) is 5.60. The van der Waals surface area contributed by atoms with Crippen LogP contribution in [-0.4, -0.2) is 71.5 Å². The number of ether oxygens (including phenoxy) is 2. The Morgan fingerprint density at radius 2 is 1.81 bits per heavy atom. The number of hydrogen-bond acceptors (Lipinski definition) is 4. The molecule has 0 aliphatic rings. The van der Waals surface area contributed by atoms with Crippen LogP contribution >= 0.6 is 24.0 Å². The van der Waals surface area contributed by atoms with Crippen molar-refractivity contribution in [1.82, 2.24) is 15.5 Å². The van der Waals surface area contributed by atoms with Gasteiger partial charge in [-0.15, -0.1) is 24.0 Å². The predicted molar refractivity (Wildman–Crippen MR) is 120 cm³/mol. The van der Waals surface area contributed by atoms with E-state index in [2.05, 4.69) is 46.6 Å². The molecule has 26 heavy (non-hydrogen) atoms. The largest absolute Gasteiger partial charge is 0.383 e. The van der Waals surface area contributed by atoms with Crippen molar-refractivity contribution in [3.8, 4) is 0 Å². The Balaban J connectivity index is 0.00000625. The molecule has 2 N–H and O–H groups in total. The summed E-state index contributed by atoms with van der Waals surface area (Å²) in [6, 6.07) is 10.3. The van der Waals surface area contributed by atoms with Gasteiger partial charge in [0, 0.05) is 46.9 Å². The molecule has 1 atom stereocenters. The Morgan fingerprint density at radius 1 is 1.12 bits per heavy atom. The molecule has 0 saturated heterocycles. The fourth-order valence-corrected chi connectivity index (χ4v) is 2.30. The zero-order valence-corrected chi connectivity index (χ0v) is 18.9. The number of likely N-dealkylation sites (N-methyl/N-ethyl adjacent to an activating group) is 1.